The molecule has 0 bridgehead atoms. The summed E-state index contributed by atoms with van der Waals surface area (Å²) in [5.41, 5.74) is 0. The first-order chi connectivity index (χ1) is 14.6. The topological polar surface area (TPSA) is 9.23 Å². The van der Waals surface area contributed by atoms with Crippen molar-refractivity contribution in [2.75, 3.05) is 6.61 Å². The third-order valence-electron chi connectivity index (χ3n) is 8.57. The van der Waals surface area contributed by atoms with Gasteiger partial charge in [-0.05, 0) is 93.5 Å². The van der Waals surface area contributed by atoms with Crippen LogP contribution in [0.5, 0.6) is 0 Å². The third-order valence-corrected chi connectivity index (χ3v) is 8.57. The quantitative estimate of drug-likeness (QED) is 0.318. The minimum absolute atomic E-state index is 0.137. The lowest BCUT2D eigenvalue weighted by atomic mass is 9.72. The fourth-order valence-electron chi connectivity index (χ4n) is 6.49. The Balaban J connectivity index is 1.21. The van der Waals surface area contributed by atoms with Crippen LogP contribution < -0.4 is 0 Å². The summed E-state index contributed by atoms with van der Waals surface area (Å²) in [4.78, 5) is 0. The van der Waals surface area contributed by atoms with Crippen molar-refractivity contribution in [1.29, 1.82) is 0 Å². The van der Waals surface area contributed by atoms with Gasteiger partial charge in [0, 0.05) is 0 Å². The van der Waals surface area contributed by atoms with Crippen LogP contribution >= 0.6 is 0 Å². The van der Waals surface area contributed by atoms with Crippen LogP contribution in [0.15, 0.2) is 12.2 Å². The standard InChI is InChI=1S/C27H46F2O/c1-2-3-8-26-18-17-25(20-30-26)24-15-13-22(14-16-24)7-5-4-6-21-9-11-23(12-10-21)19-27(28)29/h19,21-26H,2-18,20H2,1H3. The van der Waals surface area contributed by atoms with E-state index in [1.165, 1.54) is 89.5 Å². The van der Waals surface area contributed by atoms with Crippen LogP contribution in [0.1, 0.15) is 116 Å². The number of hydrogen-bond acceptors (Lipinski definition) is 1. The molecule has 0 N–H and O–H groups in total. The average Bonchev–Trinajstić information content (AvgIpc) is 2.77. The summed E-state index contributed by atoms with van der Waals surface area (Å²) in [5, 5.41) is 0. The molecule has 2 atom stereocenters. The summed E-state index contributed by atoms with van der Waals surface area (Å²) in [6.45, 7) is 3.30. The largest absolute Gasteiger partial charge is 0.378 e. The lowest BCUT2D eigenvalue weighted by Gasteiger charge is -2.38. The van der Waals surface area contributed by atoms with Crippen LogP contribution in [0, 0.1) is 29.6 Å². The van der Waals surface area contributed by atoms with Gasteiger partial charge in [-0.1, -0.05) is 58.3 Å². The van der Waals surface area contributed by atoms with Crippen molar-refractivity contribution in [1.82, 2.24) is 0 Å². The van der Waals surface area contributed by atoms with Gasteiger partial charge in [0.1, 0.15) is 0 Å². The predicted octanol–water partition coefficient (Wildman–Crippen LogP) is 8.93. The molecule has 0 radical (unpaired) electrons. The number of rotatable bonds is 10. The number of hydrogen-bond donors (Lipinski definition) is 0. The molecule has 2 unspecified atom stereocenters. The maximum absolute atomic E-state index is 12.4. The predicted molar refractivity (Wildman–Crippen MR) is 122 cm³/mol. The number of ether oxygens (including phenoxy) is 1. The Kier molecular flexibility index (Phi) is 10.6. The molecule has 3 aliphatic rings. The van der Waals surface area contributed by atoms with E-state index in [4.69, 9.17) is 4.74 Å². The van der Waals surface area contributed by atoms with Gasteiger partial charge in [-0.25, -0.2) is 0 Å². The zero-order chi connectivity index (χ0) is 21.2. The summed E-state index contributed by atoms with van der Waals surface area (Å²) in [6, 6.07) is 0. The van der Waals surface area contributed by atoms with Gasteiger partial charge in [0.25, 0.3) is 6.08 Å². The minimum atomic E-state index is -1.49. The number of halogens is 2. The van der Waals surface area contributed by atoms with E-state index in [0.29, 0.717) is 6.10 Å². The van der Waals surface area contributed by atoms with Crippen molar-refractivity contribution in [3.8, 4) is 0 Å². The molecule has 2 saturated carbocycles. The highest BCUT2D eigenvalue weighted by Crippen LogP contribution is 2.40. The SMILES string of the molecule is CCCCC1CCC(C2CCC(CCCCC3CCC(C=C(F)F)CC3)CC2)CO1. The monoisotopic (exact) mass is 424 g/mol. The second-order valence-corrected chi connectivity index (χ2v) is 10.7. The molecule has 1 aliphatic heterocycles. The molecule has 1 saturated heterocycles. The Morgan fingerprint density at radius 2 is 1.33 bits per heavy atom. The van der Waals surface area contributed by atoms with Gasteiger partial charge in [-0.15, -0.1) is 0 Å². The van der Waals surface area contributed by atoms with Crippen LogP contribution in [-0.2, 0) is 4.74 Å². The average molecular weight is 425 g/mol. The van der Waals surface area contributed by atoms with Gasteiger partial charge in [0.2, 0.25) is 0 Å². The third kappa shape index (κ3) is 8.24. The summed E-state index contributed by atoms with van der Waals surface area (Å²) in [6.07, 6.45) is 22.3. The Labute approximate surface area is 184 Å². The van der Waals surface area contributed by atoms with Crippen LogP contribution in [-0.4, -0.2) is 12.7 Å². The van der Waals surface area contributed by atoms with E-state index < -0.39 is 6.08 Å². The lowest BCUT2D eigenvalue weighted by molar-refractivity contribution is -0.0427. The fraction of sp³-hybridized carbons (Fsp3) is 0.926. The Hall–Kier alpha value is -0.440. The van der Waals surface area contributed by atoms with Crippen molar-refractivity contribution in [2.45, 2.75) is 122 Å². The molecule has 1 heterocycles. The van der Waals surface area contributed by atoms with E-state index in [0.717, 1.165) is 56.0 Å². The van der Waals surface area contributed by atoms with E-state index in [9.17, 15) is 8.78 Å². The minimum Gasteiger partial charge on any atom is -0.378 e. The molecule has 0 aromatic heterocycles. The Bertz CT molecular complexity index is 477. The molecule has 0 aromatic carbocycles. The number of unbranched alkanes of at least 4 members (excludes halogenated alkanes) is 2. The van der Waals surface area contributed by atoms with Crippen LogP contribution in [0.2, 0.25) is 0 Å². The van der Waals surface area contributed by atoms with E-state index in [1.807, 2.05) is 0 Å². The zero-order valence-corrected chi connectivity index (χ0v) is 19.4. The second-order valence-electron chi connectivity index (χ2n) is 10.7. The zero-order valence-electron chi connectivity index (χ0n) is 19.4. The van der Waals surface area contributed by atoms with Crippen molar-refractivity contribution < 1.29 is 13.5 Å². The first-order valence-corrected chi connectivity index (χ1v) is 13.3. The van der Waals surface area contributed by atoms with Gasteiger partial charge in [0.05, 0.1) is 12.7 Å². The Morgan fingerprint density at radius 1 is 0.733 bits per heavy atom. The normalized spacial score (nSPS) is 35.2. The first kappa shape index (κ1) is 24.2. The highest BCUT2D eigenvalue weighted by atomic mass is 19.3. The fourth-order valence-corrected chi connectivity index (χ4v) is 6.49. The smallest absolute Gasteiger partial charge is 0.266 e. The van der Waals surface area contributed by atoms with Crippen molar-refractivity contribution in [3.63, 3.8) is 0 Å². The molecule has 3 heteroatoms. The molecular weight excluding hydrogens is 378 g/mol. The molecule has 0 aromatic rings. The number of allylic oxidation sites excluding steroid dienone is 1. The second kappa shape index (κ2) is 13.2. The Morgan fingerprint density at radius 3 is 1.87 bits per heavy atom. The lowest BCUT2D eigenvalue weighted by Crippen LogP contribution is -2.32. The van der Waals surface area contributed by atoms with Crippen molar-refractivity contribution >= 4 is 0 Å². The molecule has 3 rings (SSSR count). The van der Waals surface area contributed by atoms with Crippen LogP contribution in [0.3, 0.4) is 0 Å². The summed E-state index contributed by atoms with van der Waals surface area (Å²) >= 11 is 0. The summed E-state index contributed by atoms with van der Waals surface area (Å²) in [7, 11) is 0. The van der Waals surface area contributed by atoms with Gasteiger partial charge in [0.15, 0.2) is 0 Å². The molecule has 30 heavy (non-hydrogen) atoms. The maximum atomic E-state index is 12.4. The van der Waals surface area contributed by atoms with E-state index >= 15 is 0 Å². The van der Waals surface area contributed by atoms with Gasteiger partial charge in [-0.2, -0.15) is 8.78 Å². The molecule has 0 amide bonds. The highest BCUT2D eigenvalue weighted by Gasteiger charge is 2.31. The van der Waals surface area contributed by atoms with Gasteiger partial charge < -0.3 is 4.74 Å². The molecule has 0 spiro atoms. The summed E-state index contributed by atoms with van der Waals surface area (Å²) < 4.78 is 31.0. The molecular formula is C27H46F2O. The molecule has 1 nitrogen and oxygen atoms in total. The van der Waals surface area contributed by atoms with E-state index in [1.54, 1.807) is 0 Å². The van der Waals surface area contributed by atoms with Crippen LogP contribution in [0.25, 0.3) is 0 Å². The van der Waals surface area contributed by atoms with Gasteiger partial charge in [-0.3, -0.25) is 0 Å². The van der Waals surface area contributed by atoms with E-state index in [-0.39, 0.29) is 5.92 Å². The summed E-state index contributed by atoms with van der Waals surface area (Å²) in [5.74, 6) is 3.64. The molecule has 3 fully saturated rings. The van der Waals surface area contributed by atoms with Crippen molar-refractivity contribution in [3.05, 3.63) is 12.2 Å². The highest BCUT2D eigenvalue weighted by molar-refractivity contribution is 4.90. The molecule has 2 aliphatic carbocycles. The van der Waals surface area contributed by atoms with Crippen molar-refractivity contribution in [2.24, 2.45) is 29.6 Å². The first-order valence-electron chi connectivity index (χ1n) is 13.3. The van der Waals surface area contributed by atoms with E-state index in [2.05, 4.69) is 6.92 Å². The molecule has 174 valence electrons. The van der Waals surface area contributed by atoms with Gasteiger partial charge >= 0.3 is 0 Å². The van der Waals surface area contributed by atoms with Crippen LogP contribution in [0.4, 0.5) is 8.78 Å². The maximum Gasteiger partial charge on any atom is 0.266 e.